The first-order chi connectivity index (χ1) is 12.8. The minimum absolute atomic E-state index is 0.210. The summed E-state index contributed by atoms with van der Waals surface area (Å²) in [5, 5.41) is 3.30. The molecule has 0 aromatic heterocycles. The molecule has 27 heavy (non-hydrogen) atoms. The Morgan fingerprint density at radius 1 is 1.07 bits per heavy atom. The van der Waals surface area contributed by atoms with Gasteiger partial charge in [-0.05, 0) is 49.4 Å². The second kappa shape index (κ2) is 9.39. The third-order valence-electron chi connectivity index (χ3n) is 3.40. The molecule has 1 amide bonds. The highest BCUT2D eigenvalue weighted by Gasteiger charge is 2.19. The number of amides is 1. The molecule has 0 saturated carbocycles. The van der Waals surface area contributed by atoms with Gasteiger partial charge < -0.3 is 14.8 Å². The molecule has 2 rings (SSSR count). The average Bonchev–Trinajstić information content (AvgIpc) is 2.61. The van der Waals surface area contributed by atoms with Crippen LogP contribution in [-0.2, 0) is 14.3 Å². The van der Waals surface area contributed by atoms with E-state index in [0.29, 0.717) is 16.3 Å². The maximum absolute atomic E-state index is 12.1. The summed E-state index contributed by atoms with van der Waals surface area (Å²) in [7, 11) is 0. The molecule has 6 nitrogen and oxygen atoms in total. The Kier molecular flexibility index (Phi) is 7.21. The number of benzene rings is 2. The van der Waals surface area contributed by atoms with E-state index in [-0.39, 0.29) is 22.5 Å². The van der Waals surface area contributed by atoms with Gasteiger partial charge in [0.2, 0.25) is 5.91 Å². The van der Waals surface area contributed by atoms with E-state index in [1.165, 1.54) is 38.1 Å². The van der Waals surface area contributed by atoms with Crippen LogP contribution >= 0.6 is 23.2 Å². The van der Waals surface area contributed by atoms with Crippen molar-refractivity contribution in [3.8, 4) is 5.75 Å². The van der Waals surface area contributed by atoms with Gasteiger partial charge in [0, 0.05) is 23.2 Å². The molecule has 0 spiro atoms. The van der Waals surface area contributed by atoms with E-state index >= 15 is 0 Å². The first kappa shape index (κ1) is 20.7. The van der Waals surface area contributed by atoms with Gasteiger partial charge in [-0.1, -0.05) is 23.2 Å². The van der Waals surface area contributed by atoms with E-state index in [0.717, 1.165) is 0 Å². The number of carbonyl (C=O) groups excluding carboxylic acids is 3. The zero-order chi connectivity index (χ0) is 20.0. The lowest BCUT2D eigenvalue weighted by atomic mass is 10.1. The molecule has 0 saturated heterocycles. The second-order valence-electron chi connectivity index (χ2n) is 5.62. The molecule has 0 aliphatic heterocycles. The predicted octanol–water partition coefficient (Wildman–Crippen LogP) is 4.15. The Hall–Kier alpha value is -2.57. The maximum Gasteiger partial charge on any atom is 0.347 e. The number of ether oxygens (including phenoxy) is 2. The number of esters is 1. The first-order valence-corrected chi connectivity index (χ1v) is 8.71. The van der Waals surface area contributed by atoms with Gasteiger partial charge in [0.15, 0.2) is 18.5 Å². The molecule has 8 heteroatoms. The van der Waals surface area contributed by atoms with Crippen molar-refractivity contribution in [3.63, 3.8) is 0 Å². The lowest BCUT2D eigenvalue weighted by molar-refractivity contribution is -0.149. The summed E-state index contributed by atoms with van der Waals surface area (Å²) in [5.74, 6) is -1.01. The van der Waals surface area contributed by atoms with Gasteiger partial charge in [0.25, 0.3) is 0 Å². The van der Waals surface area contributed by atoms with E-state index in [4.69, 9.17) is 32.7 Å². The molecule has 142 valence electrons. The van der Waals surface area contributed by atoms with Crippen LogP contribution in [0.1, 0.15) is 24.2 Å². The van der Waals surface area contributed by atoms with Gasteiger partial charge in [0.05, 0.1) is 5.02 Å². The second-order valence-corrected chi connectivity index (χ2v) is 6.47. The summed E-state index contributed by atoms with van der Waals surface area (Å²) in [6.07, 6.45) is -0.960. The summed E-state index contributed by atoms with van der Waals surface area (Å²) >= 11 is 11.8. The molecule has 0 bridgehead atoms. The number of anilines is 1. The molecule has 0 unspecified atom stereocenters. The topological polar surface area (TPSA) is 81.7 Å². The van der Waals surface area contributed by atoms with Gasteiger partial charge in [-0.15, -0.1) is 0 Å². The van der Waals surface area contributed by atoms with Crippen LogP contribution in [0.15, 0.2) is 42.5 Å². The number of rotatable bonds is 7. The molecule has 0 fully saturated rings. The van der Waals surface area contributed by atoms with E-state index in [9.17, 15) is 14.4 Å². The Balaban J connectivity index is 1.88. The van der Waals surface area contributed by atoms with Crippen LogP contribution in [0.5, 0.6) is 5.75 Å². The Labute approximate surface area is 166 Å². The smallest absolute Gasteiger partial charge is 0.347 e. The number of halogens is 2. The number of hydrogen-bond donors (Lipinski definition) is 1. The van der Waals surface area contributed by atoms with Crippen LogP contribution in [0.2, 0.25) is 10.0 Å². The highest BCUT2D eigenvalue weighted by atomic mass is 35.5. The van der Waals surface area contributed by atoms with E-state index in [1.807, 2.05) is 0 Å². The van der Waals surface area contributed by atoms with Gasteiger partial charge in [-0.2, -0.15) is 0 Å². The monoisotopic (exact) mass is 409 g/mol. The number of hydrogen-bond acceptors (Lipinski definition) is 5. The molecular weight excluding hydrogens is 393 g/mol. The highest BCUT2D eigenvalue weighted by molar-refractivity contribution is 6.35. The number of ketones is 1. The quantitative estimate of drug-likeness (QED) is 0.548. The molecule has 0 radical (unpaired) electrons. The van der Waals surface area contributed by atoms with Gasteiger partial charge in [0.1, 0.15) is 5.75 Å². The van der Waals surface area contributed by atoms with E-state index in [2.05, 4.69) is 5.32 Å². The summed E-state index contributed by atoms with van der Waals surface area (Å²) in [6.45, 7) is 2.44. The minimum Gasteiger partial charge on any atom is -0.477 e. The fraction of sp³-hybridized carbons (Fsp3) is 0.211. The van der Waals surface area contributed by atoms with E-state index < -0.39 is 18.7 Å². The zero-order valence-corrected chi connectivity index (χ0v) is 16.1. The predicted molar refractivity (Wildman–Crippen MR) is 103 cm³/mol. The summed E-state index contributed by atoms with van der Waals surface area (Å²) < 4.78 is 10.4. The third kappa shape index (κ3) is 6.27. The first-order valence-electron chi connectivity index (χ1n) is 7.95. The fourth-order valence-corrected chi connectivity index (χ4v) is 2.54. The Morgan fingerprint density at radius 2 is 1.74 bits per heavy atom. The van der Waals surface area contributed by atoms with Crippen LogP contribution < -0.4 is 10.1 Å². The van der Waals surface area contributed by atoms with Crippen molar-refractivity contribution in [2.75, 3.05) is 11.9 Å². The molecule has 2 aromatic rings. The van der Waals surface area contributed by atoms with Crippen molar-refractivity contribution in [1.82, 2.24) is 0 Å². The SMILES string of the molecule is CC(=O)Nc1ccc(C(=O)COC(=O)[C@@H](C)Oc2ccc(Cl)cc2Cl)cc1. The van der Waals surface area contributed by atoms with Crippen molar-refractivity contribution in [1.29, 1.82) is 0 Å². The van der Waals surface area contributed by atoms with Crippen LogP contribution in [0.25, 0.3) is 0 Å². The van der Waals surface area contributed by atoms with Crippen LogP contribution in [-0.4, -0.2) is 30.4 Å². The number of nitrogens with one attached hydrogen (secondary N) is 1. The Bertz CT molecular complexity index is 852. The maximum atomic E-state index is 12.1. The highest BCUT2D eigenvalue weighted by Crippen LogP contribution is 2.28. The number of Topliss-reactive ketones (excluding diaryl/α,β-unsaturated/α-hetero) is 1. The van der Waals surface area contributed by atoms with Crippen molar-refractivity contribution < 1.29 is 23.9 Å². The van der Waals surface area contributed by atoms with E-state index in [1.54, 1.807) is 18.2 Å². The Morgan fingerprint density at radius 3 is 2.33 bits per heavy atom. The van der Waals surface area contributed by atoms with Crippen molar-refractivity contribution in [2.24, 2.45) is 0 Å². The average molecular weight is 410 g/mol. The lowest BCUT2D eigenvalue weighted by Gasteiger charge is -2.15. The third-order valence-corrected chi connectivity index (χ3v) is 3.93. The molecule has 0 aliphatic rings. The lowest BCUT2D eigenvalue weighted by Crippen LogP contribution is -2.28. The van der Waals surface area contributed by atoms with Crippen molar-refractivity contribution >= 4 is 46.5 Å². The van der Waals surface area contributed by atoms with Crippen LogP contribution in [0, 0.1) is 0 Å². The van der Waals surface area contributed by atoms with Crippen LogP contribution in [0.4, 0.5) is 5.69 Å². The van der Waals surface area contributed by atoms with Gasteiger partial charge in [-0.3, -0.25) is 9.59 Å². The summed E-state index contributed by atoms with van der Waals surface area (Å²) in [6, 6.07) is 10.9. The van der Waals surface area contributed by atoms with Crippen molar-refractivity contribution in [3.05, 3.63) is 58.1 Å². The number of carbonyl (C=O) groups is 3. The molecule has 1 atom stereocenters. The molecular formula is C19H17Cl2NO5. The summed E-state index contributed by atoms with van der Waals surface area (Å²) in [5.41, 5.74) is 0.920. The fourth-order valence-electron chi connectivity index (χ4n) is 2.09. The molecule has 0 heterocycles. The molecule has 0 aliphatic carbocycles. The normalized spacial score (nSPS) is 11.4. The minimum atomic E-state index is -0.960. The summed E-state index contributed by atoms with van der Waals surface area (Å²) in [4.78, 5) is 35.1. The van der Waals surface area contributed by atoms with Gasteiger partial charge in [-0.25, -0.2) is 4.79 Å². The van der Waals surface area contributed by atoms with Crippen LogP contribution in [0.3, 0.4) is 0 Å². The van der Waals surface area contributed by atoms with Gasteiger partial charge >= 0.3 is 5.97 Å². The molecule has 1 N–H and O–H groups in total. The largest absolute Gasteiger partial charge is 0.477 e. The zero-order valence-electron chi connectivity index (χ0n) is 14.6. The molecule has 2 aromatic carbocycles. The van der Waals surface area contributed by atoms with Crippen molar-refractivity contribution in [2.45, 2.75) is 20.0 Å². The standard InChI is InChI=1S/C19H17Cl2NO5/c1-11(27-18-8-5-14(20)9-16(18)21)19(25)26-10-17(24)13-3-6-15(7-4-13)22-12(2)23/h3-9,11H,10H2,1-2H3,(H,22,23)/t11-/m1/s1.